The summed E-state index contributed by atoms with van der Waals surface area (Å²) in [5, 5.41) is 24.0. The number of aryl methyl sites for hydroxylation is 1. The topological polar surface area (TPSA) is 168 Å². The van der Waals surface area contributed by atoms with Gasteiger partial charge >= 0.3 is 12.2 Å². The summed E-state index contributed by atoms with van der Waals surface area (Å²) < 4.78 is 26.6. The van der Waals surface area contributed by atoms with E-state index < -0.39 is 29.6 Å². The van der Waals surface area contributed by atoms with Crippen molar-refractivity contribution in [1.29, 1.82) is 0 Å². The molecule has 5 rings (SSSR count). The van der Waals surface area contributed by atoms with Crippen molar-refractivity contribution in [2.75, 3.05) is 29.6 Å². The van der Waals surface area contributed by atoms with Crippen LogP contribution in [-0.2, 0) is 22.7 Å². The third-order valence-corrected chi connectivity index (χ3v) is 8.87. The molecule has 5 aromatic rings. The summed E-state index contributed by atoms with van der Waals surface area (Å²) in [7, 11) is 1.60. The molecule has 0 fully saturated rings. The van der Waals surface area contributed by atoms with Gasteiger partial charge in [-0.1, -0.05) is 55.5 Å². The van der Waals surface area contributed by atoms with Crippen LogP contribution in [0.5, 0.6) is 5.75 Å². The molecule has 5 N–H and O–H groups in total. The Morgan fingerprint density at radius 3 is 2.38 bits per heavy atom. The minimum Gasteiger partial charge on any atom is -0.485 e. The molecule has 0 spiro atoms. The van der Waals surface area contributed by atoms with Gasteiger partial charge in [0.25, 0.3) is 0 Å². The zero-order chi connectivity index (χ0) is 40.0. The third-order valence-electron chi connectivity index (χ3n) is 8.87. The van der Waals surface area contributed by atoms with E-state index in [0.717, 1.165) is 16.7 Å². The van der Waals surface area contributed by atoms with Gasteiger partial charge in [-0.25, -0.2) is 19.0 Å². The fourth-order valence-electron chi connectivity index (χ4n) is 6.21. The number of aromatic nitrogens is 1. The molecule has 0 saturated carbocycles. The molecule has 1 unspecified atom stereocenters. The van der Waals surface area contributed by atoms with Crippen LogP contribution in [0.25, 0.3) is 10.8 Å². The number of hydrogen-bond acceptors (Lipinski definition) is 9. The number of carboxylic acid groups (broad SMARTS) is 1. The molecule has 0 aliphatic carbocycles. The molecule has 3 amide bonds. The number of nitrogens with two attached hydrogens (primary N) is 1. The number of nitrogen functional groups attached to an aromatic ring is 1. The maximum atomic E-state index is 15.3. The van der Waals surface area contributed by atoms with Gasteiger partial charge in [-0.2, -0.15) is 4.90 Å². The highest BCUT2D eigenvalue weighted by Gasteiger charge is 2.31. The number of hydrogen-bond donors (Lipinski definition) is 4. The molecule has 0 saturated heterocycles. The number of benzene rings is 4. The molecule has 0 aliphatic heterocycles. The molecule has 55 heavy (non-hydrogen) atoms. The van der Waals surface area contributed by atoms with Crippen LogP contribution in [0.4, 0.5) is 31.2 Å². The molecular weight excluding hydrogens is 705 g/mol. The predicted octanol–water partition coefficient (Wildman–Crippen LogP) is 8.17. The van der Waals surface area contributed by atoms with Crippen molar-refractivity contribution in [2.45, 2.75) is 65.3 Å². The van der Waals surface area contributed by atoms with Crippen LogP contribution in [0.2, 0.25) is 0 Å². The number of aliphatic hydroxyl groups is 1. The number of halogens is 1. The molecule has 1 aromatic heterocycles. The van der Waals surface area contributed by atoms with Crippen molar-refractivity contribution in [3.8, 4) is 5.75 Å². The first-order valence-corrected chi connectivity index (χ1v) is 17.7. The average Bonchev–Trinajstić information content (AvgIpc) is 3.12. The first-order chi connectivity index (χ1) is 26.1. The molecule has 0 bridgehead atoms. The Kier molecular flexibility index (Phi) is 12.3. The van der Waals surface area contributed by atoms with Gasteiger partial charge in [-0.3, -0.25) is 4.79 Å². The fraction of sp³-hybridized carbons (Fsp3) is 0.286. The SMILES string of the molecule is Cc1cc(C(Nc2ccc3c(N(C(=O)O)C(=O)OC(C)(C)C)nccc3c2)C(=O)N(C)Cc2cc(N)cc(F)c2OCc2ccccc2)ccc1[C@@H](C)CO. The molecule has 1 heterocycles. The molecular formula is C42H46FN5O7. The second kappa shape index (κ2) is 16.9. The largest absolute Gasteiger partial charge is 0.485 e. The third kappa shape index (κ3) is 9.67. The Labute approximate surface area is 319 Å². The second-order valence-corrected chi connectivity index (χ2v) is 14.4. The number of likely N-dealkylation sites (N-methyl/N-ethyl adjacent to an activating group) is 1. The van der Waals surface area contributed by atoms with E-state index in [1.807, 2.05) is 62.4 Å². The lowest BCUT2D eigenvalue weighted by atomic mass is 9.93. The molecule has 2 atom stereocenters. The number of amides is 3. The molecule has 0 aliphatic rings. The molecule has 288 valence electrons. The highest BCUT2D eigenvalue weighted by atomic mass is 19.1. The van der Waals surface area contributed by atoms with Gasteiger partial charge in [-0.05, 0) is 85.7 Å². The molecule has 4 aromatic carbocycles. The summed E-state index contributed by atoms with van der Waals surface area (Å²) in [5.41, 5.74) is 9.43. The Hall–Kier alpha value is -6.21. The van der Waals surface area contributed by atoms with Crippen LogP contribution in [0.15, 0.2) is 91.1 Å². The molecule has 12 nitrogen and oxygen atoms in total. The number of aliphatic hydroxyl groups excluding tert-OH is 1. The smallest absolute Gasteiger partial charge is 0.425 e. The zero-order valence-corrected chi connectivity index (χ0v) is 31.7. The van der Waals surface area contributed by atoms with E-state index in [1.54, 1.807) is 58.2 Å². The number of nitrogens with zero attached hydrogens (tertiary/aromatic N) is 3. The lowest BCUT2D eigenvalue weighted by Crippen LogP contribution is -2.40. The molecule has 13 heteroatoms. The maximum absolute atomic E-state index is 15.3. The van der Waals surface area contributed by atoms with Gasteiger partial charge in [-0.15, -0.1) is 0 Å². The van der Waals surface area contributed by atoms with Gasteiger partial charge in [0.15, 0.2) is 17.4 Å². The number of carbonyl (C=O) groups is 3. The number of carbonyl (C=O) groups excluding carboxylic acids is 2. The summed E-state index contributed by atoms with van der Waals surface area (Å²) in [4.78, 5) is 45.8. The average molecular weight is 752 g/mol. The summed E-state index contributed by atoms with van der Waals surface area (Å²) in [6, 6.07) is 23.3. The fourth-order valence-corrected chi connectivity index (χ4v) is 6.21. The van der Waals surface area contributed by atoms with E-state index in [9.17, 15) is 24.6 Å². The van der Waals surface area contributed by atoms with Crippen LogP contribution in [0, 0.1) is 12.7 Å². The van der Waals surface area contributed by atoms with Gasteiger partial charge in [0.2, 0.25) is 5.91 Å². The number of pyridine rings is 1. The number of fused-ring (bicyclic) bond motifs is 1. The zero-order valence-electron chi connectivity index (χ0n) is 31.7. The summed E-state index contributed by atoms with van der Waals surface area (Å²) in [5.74, 6) is -1.29. The number of rotatable bonds is 12. The Morgan fingerprint density at radius 1 is 1.00 bits per heavy atom. The summed E-state index contributed by atoms with van der Waals surface area (Å²) in [6.45, 7) is 8.72. The van der Waals surface area contributed by atoms with Gasteiger partial charge in [0, 0.05) is 60.7 Å². The Bertz CT molecular complexity index is 2190. The highest BCUT2D eigenvalue weighted by Crippen LogP contribution is 2.33. The standard InChI is InChI=1S/C42H46FN5O7/c1-25-18-29(12-14-33(25)26(2)23-49)36(39(50)47(6)22-30-19-31(44)21-35(43)37(30)54-24-27-10-8-7-9-11-27)46-32-13-15-34-28(20-32)16-17-45-38(34)48(40(51)52)41(53)55-42(3,4)5/h7-21,26,36,46,49H,22-24,44H2,1-6H3,(H,51,52)/t26-,36?/m0/s1. The van der Waals surface area contributed by atoms with E-state index >= 15 is 4.39 Å². The second-order valence-electron chi connectivity index (χ2n) is 14.4. The number of ether oxygens (including phenoxy) is 2. The van der Waals surface area contributed by atoms with Crippen LogP contribution >= 0.6 is 0 Å². The minimum atomic E-state index is -1.56. The van der Waals surface area contributed by atoms with Crippen LogP contribution in [-0.4, -0.2) is 57.4 Å². The van der Waals surface area contributed by atoms with E-state index in [0.29, 0.717) is 32.5 Å². The molecule has 0 radical (unpaired) electrons. The van der Waals surface area contributed by atoms with Crippen LogP contribution < -0.4 is 20.7 Å². The summed E-state index contributed by atoms with van der Waals surface area (Å²) >= 11 is 0. The normalized spacial score (nSPS) is 12.4. The lowest BCUT2D eigenvalue weighted by Gasteiger charge is -2.28. The summed E-state index contributed by atoms with van der Waals surface area (Å²) in [6.07, 6.45) is -1.28. The lowest BCUT2D eigenvalue weighted by molar-refractivity contribution is -0.131. The number of anilines is 3. The monoisotopic (exact) mass is 751 g/mol. The van der Waals surface area contributed by atoms with Crippen molar-refractivity contribution in [1.82, 2.24) is 9.88 Å². The Morgan fingerprint density at radius 2 is 1.73 bits per heavy atom. The van der Waals surface area contributed by atoms with Gasteiger partial charge < -0.3 is 35.6 Å². The van der Waals surface area contributed by atoms with Gasteiger partial charge in [0.1, 0.15) is 18.2 Å². The maximum Gasteiger partial charge on any atom is 0.425 e. The number of imide groups is 1. The highest BCUT2D eigenvalue weighted by molar-refractivity contribution is 6.13. The van der Waals surface area contributed by atoms with Crippen molar-refractivity contribution < 1.29 is 38.5 Å². The van der Waals surface area contributed by atoms with Crippen molar-refractivity contribution >= 4 is 46.1 Å². The van der Waals surface area contributed by atoms with Crippen LogP contribution in [0.1, 0.15) is 67.5 Å². The van der Waals surface area contributed by atoms with Crippen molar-refractivity contribution in [3.05, 3.63) is 125 Å². The first kappa shape index (κ1) is 40.0. The number of nitrogens with one attached hydrogen (secondary N) is 1. The predicted molar refractivity (Wildman–Crippen MR) is 210 cm³/mol. The minimum absolute atomic E-state index is 0.0128. The Balaban J connectivity index is 1.50. The van der Waals surface area contributed by atoms with Crippen LogP contribution in [0.3, 0.4) is 0 Å². The van der Waals surface area contributed by atoms with E-state index in [-0.39, 0.29) is 48.8 Å². The van der Waals surface area contributed by atoms with E-state index in [2.05, 4.69) is 10.3 Å². The van der Waals surface area contributed by atoms with E-state index in [4.69, 9.17) is 15.2 Å². The first-order valence-electron chi connectivity index (χ1n) is 17.7. The quantitative estimate of drug-likeness (QED) is 0.0913. The van der Waals surface area contributed by atoms with E-state index in [1.165, 1.54) is 17.2 Å². The van der Waals surface area contributed by atoms with Crippen molar-refractivity contribution in [3.63, 3.8) is 0 Å². The van der Waals surface area contributed by atoms with Crippen molar-refractivity contribution in [2.24, 2.45) is 0 Å². The van der Waals surface area contributed by atoms with Gasteiger partial charge in [0.05, 0.1) is 0 Å².